The van der Waals surface area contributed by atoms with Gasteiger partial charge in [0.2, 0.25) is 0 Å². The molecule has 1 aromatic carbocycles. The van der Waals surface area contributed by atoms with Gasteiger partial charge in [-0.25, -0.2) is 0 Å². The van der Waals surface area contributed by atoms with Gasteiger partial charge in [-0.15, -0.1) is 0 Å². The molecular formula is C22H33ClO4. The summed E-state index contributed by atoms with van der Waals surface area (Å²) in [6.45, 7) is 0. The fourth-order valence-corrected chi connectivity index (χ4v) is 3.64. The first-order chi connectivity index (χ1) is 13.0. The van der Waals surface area contributed by atoms with Gasteiger partial charge in [0.25, 0.3) is 0 Å². The van der Waals surface area contributed by atoms with Gasteiger partial charge < -0.3 is 10.2 Å². The van der Waals surface area contributed by atoms with Gasteiger partial charge in [0, 0.05) is 17.9 Å². The molecule has 0 aliphatic heterocycles. The molecule has 0 saturated carbocycles. The second-order valence-corrected chi connectivity index (χ2v) is 7.61. The summed E-state index contributed by atoms with van der Waals surface area (Å²) in [6, 6.07) is 6.14. The minimum Gasteiger partial charge on any atom is -0.481 e. The van der Waals surface area contributed by atoms with E-state index in [1.165, 1.54) is 11.1 Å². The lowest BCUT2D eigenvalue weighted by molar-refractivity contribution is -0.138. The maximum atomic E-state index is 10.5. The molecule has 4 nitrogen and oxygen atoms in total. The highest BCUT2D eigenvalue weighted by atomic mass is 35.5. The summed E-state index contributed by atoms with van der Waals surface area (Å²) in [7, 11) is 0. The summed E-state index contributed by atoms with van der Waals surface area (Å²) >= 11 is 6.42. The first kappa shape index (κ1) is 23.5. The normalized spacial score (nSPS) is 10.9. The van der Waals surface area contributed by atoms with Crippen LogP contribution in [0.4, 0.5) is 0 Å². The Labute approximate surface area is 167 Å². The largest absolute Gasteiger partial charge is 0.481 e. The Hall–Kier alpha value is -1.55. The van der Waals surface area contributed by atoms with E-state index in [0.717, 1.165) is 82.1 Å². The zero-order valence-corrected chi connectivity index (χ0v) is 17.0. The van der Waals surface area contributed by atoms with E-state index in [-0.39, 0.29) is 12.8 Å². The van der Waals surface area contributed by atoms with Crippen molar-refractivity contribution >= 4 is 23.5 Å². The van der Waals surface area contributed by atoms with Gasteiger partial charge >= 0.3 is 11.9 Å². The molecule has 0 unspecified atom stereocenters. The number of carboxylic acids is 2. The van der Waals surface area contributed by atoms with Crippen LogP contribution < -0.4 is 0 Å². The van der Waals surface area contributed by atoms with E-state index >= 15 is 0 Å². The van der Waals surface area contributed by atoms with Crippen LogP contribution in [0.25, 0.3) is 0 Å². The minimum absolute atomic E-state index is 0.269. The number of halogens is 1. The molecule has 27 heavy (non-hydrogen) atoms. The third-order valence-corrected chi connectivity index (χ3v) is 5.22. The molecule has 0 aliphatic carbocycles. The van der Waals surface area contributed by atoms with Crippen molar-refractivity contribution in [2.24, 2.45) is 0 Å². The highest BCUT2D eigenvalue weighted by Gasteiger charge is 2.07. The van der Waals surface area contributed by atoms with Crippen LogP contribution in [-0.4, -0.2) is 22.2 Å². The Bertz CT molecular complexity index is 571. The Morgan fingerprint density at radius 3 is 1.74 bits per heavy atom. The van der Waals surface area contributed by atoms with Crippen molar-refractivity contribution in [2.75, 3.05) is 0 Å². The van der Waals surface area contributed by atoms with E-state index in [9.17, 15) is 9.59 Å². The highest BCUT2D eigenvalue weighted by Crippen LogP contribution is 2.24. The van der Waals surface area contributed by atoms with Crippen LogP contribution >= 0.6 is 11.6 Å². The van der Waals surface area contributed by atoms with Gasteiger partial charge in [0.05, 0.1) is 0 Å². The molecule has 2 N–H and O–H groups in total. The van der Waals surface area contributed by atoms with Gasteiger partial charge in [-0.2, -0.15) is 0 Å². The summed E-state index contributed by atoms with van der Waals surface area (Å²) in [5, 5.41) is 18.1. The van der Waals surface area contributed by atoms with Crippen molar-refractivity contribution in [3.63, 3.8) is 0 Å². The molecule has 0 heterocycles. The predicted molar refractivity (Wildman–Crippen MR) is 110 cm³/mol. The minimum atomic E-state index is -0.711. The number of carboxylic acid groups (broad SMARTS) is 2. The van der Waals surface area contributed by atoms with Gasteiger partial charge in [-0.05, 0) is 55.7 Å². The SMILES string of the molecule is O=C(O)CCCCCCCc1cccc(Cl)c1CCCCCCCC(=O)O. The molecule has 0 fully saturated rings. The number of carbonyl (C=O) groups is 2. The molecular weight excluding hydrogens is 364 g/mol. The average molecular weight is 397 g/mol. The molecule has 0 atom stereocenters. The summed E-state index contributed by atoms with van der Waals surface area (Å²) < 4.78 is 0. The first-order valence-electron chi connectivity index (χ1n) is 10.2. The van der Waals surface area contributed by atoms with E-state index in [0.29, 0.717) is 0 Å². The molecule has 0 aliphatic rings. The predicted octanol–water partition coefficient (Wildman–Crippen LogP) is 6.28. The number of benzene rings is 1. The average Bonchev–Trinajstić information content (AvgIpc) is 2.61. The Morgan fingerprint density at radius 1 is 0.704 bits per heavy atom. The number of aryl methyl sites for hydroxylation is 1. The molecule has 1 aromatic rings. The Balaban J connectivity index is 2.26. The zero-order chi connectivity index (χ0) is 19.9. The summed E-state index contributed by atoms with van der Waals surface area (Å²) in [5.74, 6) is -1.42. The van der Waals surface area contributed by atoms with Crippen LogP contribution in [0.1, 0.15) is 88.2 Å². The molecule has 0 spiro atoms. The van der Waals surface area contributed by atoms with Crippen LogP contribution in [-0.2, 0) is 22.4 Å². The van der Waals surface area contributed by atoms with Crippen molar-refractivity contribution in [2.45, 2.75) is 89.9 Å². The number of rotatable bonds is 16. The standard InChI is InChI=1S/C22H33ClO4/c23-20-15-11-13-18(12-7-3-1-5-9-16-21(24)25)19(20)14-8-4-2-6-10-17-22(26)27/h11,13,15H,1-10,12,14,16-17H2,(H,24,25)(H,26,27). The quantitative estimate of drug-likeness (QED) is 0.322. The van der Waals surface area contributed by atoms with Crippen molar-refractivity contribution in [1.82, 2.24) is 0 Å². The van der Waals surface area contributed by atoms with Crippen LogP contribution in [0, 0.1) is 0 Å². The highest BCUT2D eigenvalue weighted by molar-refractivity contribution is 6.31. The lowest BCUT2D eigenvalue weighted by atomic mass is 9.96. The third-order valence-electron chi connectivity index (χ3n) is 4.87. The topological polar surface area (TPSA) is 74.6 Å². The van der Waals surface area contributed by atoms with Crippen LogP contribution in [0.5, 0.6) is 0 Å². The second-order valence-electron chi connectivity index (χ2n) is 7.20. The second kappa shape index (κ2) is 14.5. The molecule has 0 bridgehead atoms. The van der Waals surface area contributed by atoms with Gasteiger partial charge in [0.15, 0.2) is 0 Å². The maximum Gasteiger partial charge on any atom is 0.303 e. The fourth-order valence-electron chi connectivity index (χ4n) is 3.35. The van der Waals surface area contributed by atoms with E-state index in [2.05, 4.69) is 6.07 Å². The lowest BCUT2D eigenvalue weighted by Crippen LogP contribution is -1.97. The first-order valence-corrected chi connectivity index (χ1v) is 10.6. The van der Waals surface area contributed by atoms with Crippen molar-refractivity contribution in [1.29, 1.82) is 0 Å². The van der Waals surface area contributed by atoms with Crippen LogP contribution in [0.2, 0.25) is 5.02 Å². The lowest BCUT2D eigenvalue weighted by Gasteiger charge is -2.12. The van der Waals surface area contributed by atoms with Gasteiger partial charge in [-0.3, -0.25) is 9.59 Å². The smallest absolute Gasteiger partial charge is 0.303 e. The maximum absolute atomic E-state index is 10.5. The summed E-state index contributed by atoms with van der Waals surface area (Å²) in [4.78, 5) is 21.0. The summed E-state index contributed by atoms with van der Waals surface area (Å²) in [5.41, 5.74) is 2.59. The molecule has 152 valence electrons. The fraction of sp³-hybridized carbons (Fsp3) is 0.636. The van der Waals surface area contributed by atoms with E-state index in [1.54, 1.807) is 0 Å². The molecule has 0 aromatic heterocycles. The van der Waals surface area contributed by atoms with E-state index in [4.69, 9.17) is 21.8 Å². The third kappa shape index (κ3) is 11.7. The number of hydrogen-bond donors (Lipinski definition) is 2. The number of unbranched alkanes of at least 4 members (excludes halogenated alkanes) is 8. The number of hydrogen-bond acceptors (Lipinski definition) is 2. The number of aliphatic carboxylic acids is 2. The molecule has 5 heteroatoms. The Kier molecular flexibility index (Phi) is 12.6. The van der Waals surface area contributed by atoms with Gasteiger partial charge in [0.1, 0.15) is 0 Å². The van der Waals surface area contributed by atoms with Crippen molar-refractivity contribution in [3.05, 3.63) is 34.3 Å². The van der Waals surface area contributed by atoms with Gasteiger partial charge in [-0.1, -0.05) is 62.3 Å². The van der Waals surface area contributed by atoms with Crippen molar-refractivity contribution < 1.29 is 19.8 Å². The van der Waals surface area contributed by atoms with Crippen LogP contribution in [0.15, 0.2) is 18.2 Å². The summed E-state index contributed by atoms with van der Waals surface area (Å²) in [6.07, 6.45) is 12.6. The molecule has 0 amide bonds. The van der Waals surface area contributed by atoms with Crippen molar-refractivity contribution in [3.8, 4) is 0 Å². The molecule has 0 saturated heterocycles. The molecule has 1 rings (SSSR count). The zero-order valence-electron chi connectivity index (χ0n) is 16.2. The monoisotopic (exact) mass is 396 g/mol. The Morgan fingerprint density at radius 2 is 1.19 bits per heavy atom. The van der Waals surface area contributed by atoms with Crippen LogP contribution in [0.3, 0.4) is 0 Å². The van der Waals surface area contributed by atoms with E-state index < -0.39 is 11.9 Å². The van der Waals surface area contributed by atoms with E-state index in [1.807, 2.05) is 12.1 Å². The molecule has 0 radical (unpaired) electrons.